The molecule has 2 aliphatic heterocycles. The Morgan fingerprint density at radius 3 is 3.23 bits per heavy atom. The molecule has 0 radical (unpaired) electrons. The van der Waals surface area contributed by atoms with Gasteiger partial charge < -0.3 is 10.5 Å². The Hall–Kier alpha value is -2.19. The van der Waals surface area contributed by atoms with Crippen LogP contribution in [0, 0.1) is 0 Å². The monoisotopic (exact) mass is 302 g/mol. The number of rotatable bonds is 2. The molecule has 1 spiro atoms. The van der Waals surface area contributed by atoms with Gasteiger partial charge in [-0.1, -0.05) is 6.07 Å². The van der Waals surface area contributed by atoms with Crippen LogP contribution in [0.2, 0.25) is 0 Å². The number of hydrogen-bond donors (Lipinski definition) is 2. The molecule has 3 N–H and O–H groups in total. The van der Waals surface area contributed by atoms with E-state index in [1.54, 1.807) is 10.8 Å². The van der Waals surface area contributed by atoms with Crippen molar-refractivity contribution in [3.8, 4) is 0 Å². The summed E-state index contributed by atoms with van der Waals surface area (Å²) in [5.41, 5.74) is 6.47. The van der Waals surface area contributed by atoms with Gasteiger partial charge in [-0.2, -0.15) is 5.10 Å². The van der Waals surface area contributed by atoms with E-state index in [9.17, 15) is 4.79 Å². The Bertz CT molecular complexity index is 754. The highest BCUT2D eigenvalue weighted by Gasteiger charge is 2.43. The number of nitrogens with two attached hydrogens (primary N) is 1. The Morgan fingerprint density at radius 2 is 2.36 bits per heavy atom. The largest absolute Gasteiger partial charge is 0.383 e. The van der Waals surface area contributed by atoms with Crippen molar-refractivity contribution in [2.24, 2.45) is 0 Å². The first kappa shape index (κ1) is 13.5. The first-order valence-corrected chi connectivity index (χ1v) is 7.35. The normalized spacial score (nSPS) is 24.7. The number of anilines is 1. The van der Waals surface area contributed by atoms with E-state index in [2.05, 4.69) is 20.1 Å². The van der Waals surface area contributed by atoms with Crippen molar-refractivity contribution in [1.82, 2.24) is 24.6 Å². The molecule has 1 fully saturated rings. The van der Waals surface area contributed by atoms with E-state index in [0.717, 1.165) is 31.6 Å². The quantitative estimate of drug-likeness (QED) is 0.791. The van der Waals surface area contributed by atoms with Crippen molar-refractivity contribution in [3.05, 3.63) is 40.2 Å². The predicted octanol–water partition coefficient (Wildman–Crippen LogP) is -0.277. The topological polar surface area (TPSA) is 102 Å². The van der Waals surface area contributed by atoms with E-state index in [1.165, 1.54) is 0 Å². The van der Waals surface area contributed by atoms with Crippen LogP contribution in [0.4, 0.5) is 5.82 Å². The molecule has 1 atom stereocenters. The Balaban J connectivity index is 1.50. The van der Waals surface area contributed by atoms with Gasteiger partial charge in [0.25, 0.3) is 0 Å². The summed E-state index contributed by atoms with van der Waals surface area (Å²) in [6, 6.07) is 3.89. The Labute approximate surface area is 126 Å². The molecule has 2 aromatic rings. The first-order chi connectivity index (χ1) is 10.7. The zero-order valence-corrected chi connectivity index (χ0v) is 12.2. The van der Waals surface area contributed by atoms with Gasteiger partial charge >= 0.3 is 5.69 Å². The summed E-state index contributed by atoms with van der Waals surface area (Å²) in [6.07, 6.45) is 2.59. The smallest absolute Gasteiger partial charge is 0.343 e. The van der Waals surface area contributed by atoms with Crippen LogP contribution < -0.4 is 11.4 Å². The molecule has 0 aliphatic carbocycles. The van der Waals surface area contributed by atoms with E-state index in [-0.39, 0.29) is 11.3 Å². The van der Waals surface area contributed by atoms with Crippen molar-refractivity contribution in [1.29, 1.82) is 0 Å². The van der Waals surface area contributed by atoms with E-state index in [4.69, 9.17) is 10.5 Å². The number of nitrogens with one attached hydrogen (secondary N) is 1. The fourth-order valence-electron chi connectivity index (χ4n) is 3.31. The van der Waals surface area contributed by atoms with Crippen molar-refractivity contribution in [2.75, 3.05) is 18.8 Å². The van der Waals surface area contributed by atoms with Crippen LogP contribution >= 0.6 is 0 Å². The highest BCUT2D eigenvalue weighted by atomic mass is 16.5. The van der Waals surface area contributed by atoms with Gasteiger partial charge in [-0.05, 0) is 12.5 Å². The van der Waals surface area contributed by atoms with Crippen molar-refractivity contribution in [3.63, 3.8) is 0 Å². The first-order valence-electron chi connectivity index (χ1n) is 7.35. The predicted molar refractivity (Wildman–Crippen MR) is 78.9 cm³/mol. The molecular weight excluding hydrogens is 284 g/mol. The van der Waals surface area contributed by atoms with E-state index < -0.39 is 0 Å². The second kappa shape index (κ2) is 4.92. The van der Waals surface area contributed by atoms with Gasteiger partial charge in [0.05, 0.1) is 6.54 Å². The lowest BCUT2D eigenvalue weighted by atomic mass is 10.0. The molecule has 1 saturated heterocycles. The summed E-state index contributed by atoms with van der Waals surface area (Å²) in [6.45, 7) is 3.37. The molecule has 0 aromatic carbocycles. The van der Waals surface area contributed by atoms with Crippen LogP contribution in [0.5, 0.6) is 0 Å². The van der Waals surface area contributed by atoms with Gasteiger partial charge in [0.1, 0.15) is 18.0 Å². The second-order valence-corrected chi connectivity index (χ2v) is 6.01. The number of ether oxygens (including phenoxy) is 1. The van der Waals surface area contributed by atoms with E-state index in [0.29, 0.717) is 24.8 Å². The number of pyridine rings is 1. The summed E-state index contributed by atoms with van der Waals surface area (Å²) in [4.78, 5) is 18.2. The number of likely N-dealkylation sites (tertiary alicyclic amines) is 1. The molecule has 0 bridgehead atoms. The van der Waals surface area contributed by atoms with Gasteiger partial charge in [0.15, 0.2) is 5.82 Å². The fourth-order valence-corrected chi connectivity index (χ4v) is 3.31. The van der Waals surface area contributed by atoms with Gasteiger partial charge in [-0.3, -0.25) is 9.47 Å². The summed E-state index contributed by atoms with van der Waals surface area (Å²) >= 11 is 0. The minimum Gasteiger partial charge on any atom is -0.383 e. The fraction of sp³-hybridized carbons (Fsp3) is 0.500. The van der Waals surface area contributed by atoms with Crippen LogP contribution in [-0.4, -0.2) is 43.3 Å². The van der Waals surface area contributed by atoms with Gasteiger partial charge in [-0.25, -0.2) is 14.9 Å². The highest BCUT2D eigenvalue weighted by molar-refractivity contribution is 5.38. The molecule has 2 aromatic heterocycles. The third kappa shape index (κ3) is 2.20. The molecule has 8 nitrogen and oxygen atoms in total. The number of H-pyrrole nitrogens is 1. The number of fused-ring (bicyclic) bond motifs is 1. The van der Waals surface area contributed by atoms with Crippen molar-refractivity contribution >= 4 is 5.82 Å². The molecule has 1 unspecified atom stereocenters. The molecule has 22 heavy (non-hydrogen) atoms. The SMILES string of the molecule is Nc1ncccc1CN1CCC2(C1)Cn1c(n[nH]c1=O)CO2. The third-order valence-electron chi connectivity index (χ3n) is 4.51. The maximum atomic E-state index is 11.8. The molecule has 4 rings (SSSR count). The molecule has 2 aliphatic rings. The molecule has 8 heteroatoms. The Morgan fingerprint density at radius 1 is 1.45 bits per heavy atom. The minimum atomic E-state index is -0.308. The minimum absolute atomic E-state index is 0.160. The number of nitrogens with zero attached hydrogens (tertiary/aromatic N) is 4. The maximum absolute atomic E-state index is 11.8. The van der Waals surface area contributed by atoms with Crippen LogP contribution in [0.3, 0.4) is 0 Å². The lowest BCUT2D eigenvalue weighted by molar-refractivity contribution is -0.0832. The molecular formula is C14H18N6O2. The van der Waals surface area contributed by atoms with Crippen molar-refractivity contribution in [2.45, 2.75) is 31.7 Å². The summed E-state index contributed by atoms with van der Waals surface area (Å²) in [7, 11) is 0. The van der Waals surface area contributed by atoms with Crippen LogP contribution in [0.15, 0.2) is 23.1 Å². The molecule has 0 saturated carbocycles. The Kier molecular flexibility index (Phi) is 3.02. The average molecular weight is 302 g/mol. The number of nitrogen functional groups attached to an aromatic ring is 1. The number of hydrogen-bond acceptors (Lipinski definition) is 6. The number of aromatic nitrogens is 4. The lowest BCUT2D eigenvalue weighted by Gasteiger charge is -2.33. The van der Waals surface area contributed by atoms with Gasteiger partial charge in [-0.15, -0.1) is 0 Å². The summed E-state index contributed by atoms with van der Waals surface area (Å²) in [5.74, 6) is 1.24. The van der Waals surface area contributed by atoms with E-state index >= 15 is 0 Å². The summed E-state index contributed by atoms with van der Waals surface area (Å²) in [5, 5.41) is 6.45. The second-order valence-electron chi connectivity index (χ2n) is 6.01. The summed E-state index contributed by atoms with van der Waals surface area (Å²) < 4.78 is 7.72. The van der Waals surface area contributed by atoms with Crippen LogP contribution in [0.25, 0.3) is 0 Å². The zero-order chi connectivity index (χ0) is 15.2. The average Bonchev–Trinajstić information content (AvgIpc) is 3.07. The lowest BCUT2D eigenvalue weighted by Crippen LogP contribution is -2.46. The van der Waals surface area contributed by atoms with Gasteiger partial charge in [0.2, 0.25) is 0 Å². The number of aromatic amines is 1. The molecule has 4 heterocycles. The van der Waals surface area contributed by atoms with Crippen LogP contribution in [0.1, 0.15) is 17.8 Å². The standard InChI is InChI=1S/C14H18N6O2/c15-12-10(2-1-4-16-12)6-19-5-3-14(8-19)9-20-11(7-22-14)17-18-13(20)21/h1-2,4H,3,5-9H2,(H2,15,16)(H,18,21). The van der Waals surface area contributed by atoms with Gasteiger partial charge in [0, 0.05) is 31.4 Å². The maximum Gasteiger partial charge on any atom is 0.343 e. The van der Waals surface area contributed by atoms with Crippen molar-refractivity contribution < 1.29 is 4.74 Å². The molecule has 116 valence electrons. The highest BCUT2D eigenvalue weighted by Crippen LogP contribution is 2.32. The van der Waals surface area contributed by atoms with E-state index in [1.807, 2.05) is 12.1 Å². The van der Waals surface area contributed by atoms with Crippen LogP contribution in [-0.2, 0) is 24.4 Å². The molecule has 0 amide bonds. The zero-order valence-electron chi connectivity index (χ0n) is 12.2. The third-order valence-corrected chi connectivity index (χ3v) is 4.51.